The Morgan fingerprint density at radius 2 is 1.86 bits per heavy atom. The van der Waals surface area contributed by atoms with E-state index in [4.69, 9.17) is 0 Å². The number of hydrogen-bond donors (Lipinski definition) is 1. The molecule has 0 aromatic rings. The lowest BCUT2D eigenvalue weighted by Gasteiger charge is -2.26. The lowest BCUT2D eigenvalue weighted by atomic mass is 9.77. The molecule has 0 aliphatic heterocycles. The first-order valence-electron chi connectivity index (χ1n) is 5.61. The molecule has 14 heavy (non-hydrogen) atoms. The van der Waals surface area contributed by atoms with Crippen LogP contribution in [-0.4, -0.2) is 11.1 Å². The molecule has 0 atom stereocenters. The summed E-state index contributed by atoms with van der Waals surface area (Å²) in [6.45, 7) is 0. The summed E-state index contributed by atoms with van der Waals surface area (Å²) < 4.78 is 0. The number of allylic oxidation sites excluding steroid dienone is 2. The maximum Gasteiger partial charge on any atom is 0.309 e. The molecule has 0 heterocycles. The van der Waals surface area contributed by atoms with E-state index < -0.39 is 5.97 Å². The summed E-state index contributed by atoms with van der Waals surface area (Å²) in [5.74, 6) is 0.0473. The van der Waals surface area contributed by atoms with Crippen LogP contribution in [0.2, 0.25) is 0 Å². The molecule has 0 saturated heterocycles. The summed E-state index contributed by atoms with van der Waals surface area (Å²) in [6, 6.07) is 0. The van der Waals surface area contributed by atoms with Crippen molar-refractivity contribution in [3.63, 3.8) is 0 Å². The van der Waals surface area contributed by atoms with Crippen molar-refractivity contribution < 1.29 is 9.90 Å². The standard InChI is InChI=1S/C12H18O2/c13-11(14)12(7-3-4-8-12)9-10-5-1-2-6-10/h1-2,10H,3-9H2,(H,13,14). The third kappa shape index (κ3) is 1.70. The lowest BCUT2D eigenvalue weighted by molar-refractivity contribution is -0.149. The van der Waals surface area contributed by atoms with E-state index in [1.165, 1.54) is 0 Å². The van der Waals surface area contributed by atoms with Crippen LogP contribution in [0.15, 0.2) is 12.2 Å². The van der Waals surface area contributed by atoms with Crippen LogP contribution in [0.25, 0.3) is 0 Å². The Labute approximate surface area is 85.0 Å². The molecule has 2 aliphatic carbocycles. The second kappa shape index (κ2) is 3.76. The summed E-state index contributed by atoms with van der Waals surface area (Å²) in [5.41, 5.74) is -0.364. The van der Waals surface area contributed by atoms with Crippen LogP contribution < -0.4 is 0 Å². The Hall–Kier alpha value is -0.790. The minimum atomic E-state index is -0.554. The number of carbonyl (C=O) groups is 1. The van der Waals surface area contributed by atoms with Crippen LogP contribution in [0.3, 0.4) is 0 Å². The molecule has 78 valence electrons. The van der Waals surface area contributed by atoms with Crippen molar-refractivity contribution in [3.05, 3.63) is 12.2 Å². The average Bonchev–Trinajstić information content (AvgIpc) is 2.76. The molecule has 2 rings (SSSR count). The van der Waals surface area contributed by atoms with E-state index in [0.29, 0.717) is 5.92 Å². The fourth-order valence-corrected chi connectivity index (χ4v) is 2.95. The van der Waals surface area contributed by atoms with E-state index in [0.717, 1.165) is 44.9 Å². The minimum Gasteiger partial charge on any atom is -0.481 e. The number of carboxylic acid groups (broad SMARTS) is 1. The van der Waals surface area contributed by atoms with E-state index in [-0.39, 0.29) is 5.41 Å². The van der Waals surface area contributed by atoms with Crippen LogP contribution in [0.1, 0.15) is 44.9 Å². The first-order chi connectivity index (χ1) is 6.73. The summed E-state index contributed by atoms with van der Waals surface area (Å²) in [5, 5.41) is 9.30. The van der Waals surface area contributed by atoms with Gasteiger partial charge in [-0.25, -0.2) is 0 Å². The molecule has 1 N–H and O–H groups in total. The van der Waals surface area contributed by atoms with Crippen molar-refractivity contribution >= 4 is 5.97 Å². The normalized spacial score (nSPS) is 25.7. The highest BCUT2D eigenvalue weighted by Gasteiger charge is 2.42. The van der Waals surface area contributed by atoms with Gasteiger partial charge in [0.1, 0.15) is 0 Å². The van der Waals surface area contributed by atoms with Crippen molar-refractivity contribution in [2.24, 2.45) is 11.3 Å². The van der Waals surface area contributed by atoms with Crippen LogP contribution in [0.4, 0.5) is 0 Å². The molecular formula is C12H18O2. The minimum absolute atomic E-state index is 0.364. The van der Waals surface area contributed by atoms with E-state index in [1.807, 2.05) is 0 Å². The Kier molecular flexibility index (Phi) is 2.62. The fourth-order valence-electron chi connectivity index (χ4n) is 2.95. The first-order valence-corrected chi connectivity index (χ1v) is 5.61. The maximum atomic E-state index is 11.3. The van der Waals surface area contributed by atoms with Gasteiger partial charge in [0.2, 0.25) is 0 Å². The van der Waals surface area contributed by atoms with Gasteiger partial charge < -0.3 is 5.11 Å². The van der Waals surface area contributed by atoms with E-state index >= 15 is 0 Å². The van der Waals surface area contributed by atoms with Crippen molar-refractivity contribution in [2.75, 3.05) is 0 Å². The second-order valence-electron chi connectivity index (χ2n) is 4.81. The summed E-state index contributed by atoms with van der Waals surface area (Å²) in [7, 11) is 0. The monoisotopic (exact) mass is 194 g/mol. The Morgan fingerprint density at radius 1 is 1.29 bits per heavy atom. The van der Waals surface area contributed by atoms with E-state index in [2.05, 4.69) is 12.2 Å². The number of rotatable bonds is 3. The van der Waals surface area contributed by atoms with Gasteiger partial charge in [-0.3, -0.25) is 4.79 Å². The van der Waals surface area contributed by atoms with Gasteiger partial charge in [0.25, 0.3) is 0 Å². The molecule has 0 spiro atoms. The molecule has 0 amide bonds. The molecule has 1 saturated carbocycles. The Morgan fingerprint density at radius 3 is 2.36 bits per heavy atom. The predicted octanol–water partition coefficient (Wildman–Crippen LogP) is 2.99. The average molecular weight is 194 g/mol. The smallest absolute Gasteiger partial charge is 0.309 e. The fraction of sp³-hybridized carbons (Fsp3) is 0.750. The van der Waals surface area contributed by atoms with Gasteiger partial charge in [0.15, 0.2) is 0 Å². The van der Waals surface area contributed by atoms with Gasteiger partial charge in [-0.05, 0) is 38.0 Å². The molecule has 0 unspecified atom stereocenters. The van der Waals surface area contributed by atoms with Crippen molar-refractivity contribution in [2.45, 2.75) is 44.9 Å². The second-order valence-corrected chi connectivity index (χ2v) is 4.81. The number of carboxylic acids is 1. The molecule has 0 bridgehead atoms. The highest BCUT2D eigenvalue weighted by atomic mass is 16.4. The van der Waals surface area contributed by atoms with Gasteiger partial charge in [-0.1, -0.05) is 25.0 Å². The molecular weight excluding hydrogens is 176 g/mol. The van der Waals surface area contributed by atoms with Crippen molar-refractivity contribution in [1.82, 2.24) is 0 Å². The molecule has 0 aromatic carbocycles. The third-order valence-electron chi connectivity index (χ3n) is 3.80. The molecule has 0 aromatic heterocycles. The highest BCUT2D eigenvalue weighted by molar-refractivity contribution is 5.75. The SMILES string of the molecule is O=C(O)C1(CC2CC=CC2)CCCC1. The number of aliphatic carboxylic acids is 1. The zero-order valence-corrected chi connectivity index (χ0v) is 8.54. The molecule has 2 aliphatic rings. The van der Waals surface area contributed by atoms with Crippen LogP contribution in [0, 0.1) is 11.3 Å². The van der Waals surface area contributed by atoms with E-state index in [1.54, 1.807) is 0 Å². The Bertz CT molecular complexity index is 241. The van der Waals surface area contributed by atoms with Gasteiger partial charge in [0.05, 0.1) is 5.41 Å². The zero-order chi connectivity index (χ0) is 10.0. The van der Waals surface area contributed by atoms with Crippen LogP contribution in [0.5, 0.6) is 0 Å². The van der Waals surface area contributed by atoms with Gasteiger partial charge >= 0.3 is 5.97 Å². The summed E-state index contributed by atoms with van der Waals surface area (Å²) in [6.07, 6.45) is 11.5. The van der Waals surface area contributed by atoms with Gasteiger partial charge in [0, 0.05) is 0 Å². The molecule has 1 fully saturated rings. The summed E-state index contributed by atoms with van der Waals surface area (Å²) in [4.78, 5) is 11.3. The van der Waals surface area contributed by atoms with Gasteiger partial charge in [-0.2, -0.15) is 0 Å². The highest BCUT2D eigenvalue weighted by Crippen LogP contribution is 2.45. The van der Waals surface area contributed by atoms with Crippen LogP contribution >= 0.6 is 0 Å². The molecule has 2 heteroatoms. The summed E-state index contributed by atoms with van der Waals surface area (Å²) >= 11 is 0. The van der Waals surface area contributed by atoms with Crippen LogP contribution in [-0.2, 0) is 4.79 Å². The number of hydrogen-bond acceptors (Lipinski definition) is 1. The zero-order valence-electron chi connectivity index (χ0n) is 8.54. The van der Waals surface area contributed by atoms with Crippen molar-refractivity contribution in [1.29, 1.82) is 0 Å². The first kappa shape index (κ1) is 9.75. The predicted molar refractivity (Wildman–Crippen MR) is 55.0 cm³/mol. The van der Waals surface area contributed by atoms with Crippen molar-refractivity contribution in [3.8, 4) is 0 Å². The van der Waals surface area contributed by atoms with E-state index in [9.17, 15) is 9.90 Å². The largest absolute Gasteiger partial charge is 0.481 e. The molecule has 2 nitrogen and oxygen atoms in total. The topological polar surface area (TPSA) is 37.3 Å². The lowest BCUT2D eigenvalue weighted by Crippen LogP contribution is -2.29. The van der Waals surface area contributed by atoms with Gasteiger partial charge in [-0.15, -0.1) is 0 Å². The third-order valence-corrected chi connectivity index (χ3v) is 3.80. The quantitative estimate of drug-likeness (QED) is 0.701. The Balaban J connectivity index is 2.00. The maximum absolute atomic E-state index is 11.3. The molecule has 0 radical (unpaired) electrons.